The fraction of sp³-hybridized carbons (Fsp3) is 0.400. The van der Waals surface area contributed by atoms with Gasteiger partial charge in [0.2, 0.25) is 0 Å². The minimum Gasteiger partial charge on any atom is -0.497 e. The van der Waals surface area contributed by atoms with E-state index in [0.717, 1.165) is 0 Å². The number of carbonyl (C=O) groups excluding carboxylic acids is 1. The first kappa shape index (κ1) is 24.4. The second-order valence-corrected chi connectivity index (χ2v) is 7.69. The van der Waals surface area contributed by atoms with Gasteiger partial charge in [0, 0.05) is 32.9 Å². The maximum Gasteiger partial charge on any atom is 0.261 e. The van der Waals surface area contributed by atoms with Gasteiger partial charge in [-0.3, -0.25) is 14.2 Å². The highest BCUT2D eigenvalue weighted by Gasteiger charge is 2.27. The van der Waals surface area contributed by atoms with E-state index in [1.165, 1.54) is 0 Å². The van der Waals surface area contributed by atoms with Crippen molar-refractivity contribution in [3.63, 3.8) is 0 Å². The van der Waals surface area contributed by atoms with E-state index in [9.17, 15) is 9.59 Å². The van der Waals surface area contributed by atoms with Crippen molar-refractivity contribution < 1.29 is 19.0 Å². The molecule has 1 atom stereocenters. The van der Waals surface area contributed by atoms with E-state index in [2.05, 4.69) is 0 Å². The predicted molar refractivity (Wildman–Crippen MR) is 127 cm³/mol. The smallest absolute Gasteiger partial charge is 0.261 e. The van der Waals surface area contributed by atoms with Crippen LogP contribution in [0.25, 0.3) is 10.9 Å². The number of rotatable bonds is 11. The van der Waals surface area contributed by atoms with Crippen molar-refractivity contribution in [2.45, 2.75) is 25.9 Å². The molecule has 1 heterocycles. The standard InChI is InChI=1S/C25H31N3O5/c1-18(23-26-22-12-6-5-11-21(22)25(30)28(23)14-16-32-3)27(13-8-15-31-2)24(29)19-9-7-10-20(17-19)33-4/h5-7,9-12,17-18H,8,13-16H2,1-4H3. The summed E-state index contributed by atoms with van der Waals surface area (Å²) in [5.74, 6) is 0.953. The van der Waals surface area contributed by atoms with Gasteiger partial charge in [0.1, 0.15) is 11.6 Å². The lowest BCUT2D eigenvalue weighted by Gasteiger charge is -2.31. The number of benzene rings is 2. The number of ether oxygens (including phenoxy) is 3. The first-order valence-electron chi connectivity index (χ1n) is 10.9. The van der Waals surface area contributed by atoms with Crippen molar-refractivity contribution in [3.05, 3.63) is 70.3 Å². The van der Waals surface area contributed by atoms with Crippen LogP contribution in [0.2, 0.25) is 0 Å². The Hall–Kier alpha value is -3.23. The fourth-order valence-electron chi connectivity index (χ4n) is 3.81. The van der Waals surface area contributed by atoms with Crippen LogP contribution >= 0.6 is 0 Å². The lowest BCUT2D eigenvalue weighted by molar-refractivity contribution is 0.0653. The predicted octanol–water partition coefficient (Wildman–Crippen LogP) is 3.29. The summed E-state index contributed by atoms with van der Waals surface area (Å²) in [4.78, 5) is 33.4. The van der Waals surface area contributed by atoms with Gasteiger partial charge < -0.3 is 19.1 Å². The van der Waals surface area contributed by atoms with Crippen LogP contribution in [-0.2, 0) is 16.0 Å². The SMILES string of the molecule is COCCCN(C(=O)c1cccc(OC)c1)C(C)c1nc2ccccc2c(=O)n1CCOC. The summed E-state index contributed by atoms with van der Waals surface area (Å²) < 4.78 is 17.3. The zero-order chi connectivity index (χ0) is 23.8. The number of para-hydroxylation sites is 1. The number of methoxy groups -OCH3 is 3. The van der Waals surface area contributed by atoms with Gasteiger partial charge in [0.25, 0.3) is 11.5 Å². The van der Waals surface area contributed by atoms with Gasteiger partial charge >= 0.3 is 0 Å². The Kier molecular flexibility index (Phi) is 8.57. The number of hydrogen-bond acceptors (Lipinski definition) is 6. The molecule has 0 N–H and O–H groups in total. The molecule has 0 fully saturated rings. The van der Waals surface area contributed by atoms with Gasteiger partial charge in [-0.2, -0.15) is 0 Å². The third-order valence-electron chi connectivity index (χ3n) is 5.58. The molecule has 0 bridgehead atoms. The molecule has 8 nitrogen and oxygen atoms in total. The molecular formula is C25H31N3O5. The minimum absolute atomic E-state index is 0.148. The fourth-order valence-corrected chi connectivity index (χ4v) is 3.81. The molecule has 33 heavy (non-hydrogen) atoms. The Morgan fingerprint density at radius 2 is 1.82 bits per heavy atom. The van der Waals surface area contributed by atoms with E-state index in [0.29, 0.717) is 60.8 Å². The molecule has 176 valence electrons. The zero-order valence-electron chi connectivity index (χ0n) is 19.6. The highest BCUT2D eigenvalue weighted by molar-refractivity contribution is 5.95. The van der Waals surface area contributed by atoms with E-state index in [1.54, 1.807) is 61.1 Å². The van der Waals surface area contributed by atoms with Crippen molar-refractivity contribution in [3.8, 4) is 5.75 Å². The third kappa shape index (κ3) is 5.58. The van der Waals surface area contributed by atoms with Crippen molar-refractivity contribution in [1.82, 2.24) is 14.5 Å². The Morgan fingerprint density at radius 1 is 1.06 bits per heavy atom. The lowest BCUT2D eigenvalue weighted by atomic mass is 10.1. The van der Waals surface area contributed by atoms with Crippen LogP contribution in [0.5, 0.6) is 5.75 Å². The molecule has 0 aliphatic rings. The lowest BCUT2D eigenvalue weighted by Crippen LogP contribution is -2.39. The molecule has 1 aromatic heterocycles. The molecule has 1 unspecified atom stereocenters. The first-order valence-corrected chi connectivity index (χ1v) is 10.9. The Balaban J connectivity index is 2.08. The largest absolute Gasteiger partial charge is 0.497 e. The van der Waals surface area contributed by atoms with Crippen molar-refractivity contribution in [2.24, 2.45) is 0 Å². The molecule has 2 aromatic carbocycles. The van der Waals surface area contributed by atoms with Gasteiger partial charge in [0.05, 0.1) is 37.2 Å². The van der Waals surface area contributed by atoms with Crippen LogP contribution < -0.4 is 10.3 Å². The number of hydrogen-bond donors (Lipinski definition) is 0. The van der Waals surface area contributed by atoms with Gasteiger partial charge in [-0.15, -0.1) is 0 Å². The molecule has 0 aliphatic carbocycles. The normalized spacial score (nSPS) is 12.0. The molecular weight excluding hydrogens is 422 g/mol. The summed E-state index contributed by atoms with van der Waals surface area (Å²) >= 11 is 0. The maximum absolute atomic E-state index is 13.6. The van der Waals surface area contributed by atoms with Crippen LogP contribution in [0.3, 0.4) is 0 Å². The van der Waals surface area contributed by atoms with Crippen molar-refractivity contribution in [2.75, 3.05) is 41.1 Å². The minimum atomic E-state index is -0.463. The van der Waals surface area contributed by atoms with E-state index >= 15 is 0 Å². The second-order valence-electron chi connectivity index (χ2n) is 7.69. The number of carbonyl (C=O) groups is 1. The van der Waals surface area contributed by atoms with Crippen molar-refractivity contribution in [1.29, 1.82) is 0 Å². The molecule has 3 rings (SSSR count). The topological polar surface area (TPSA) is 82.9 Å². The van der Waals surface area contributed by atoms with Crippen LogP contribution in [0.15, 0.2) is 53.3 Å². The van der Waals surface area contributed by atoms with Crippen molar-refractivity contribution >= 4 is 16.8 Å². The van der Waals surface area contributed by atoms with E-state index in [-0.39, 0.29) is 11.5 Å². The first-order chi connectivity index (χ1) is 16.0. The quantitative estimate of drug-likeness (QED) is 0.415. The maximum atomic E-state index is 13.6. The van der Waals surface area contributed by atoms with Gasteiger partial charge in [-0.05, 0) is 43.7 Å². The highest BCUT2D eigenvalue weighted by Crippen LogP contribution is 2.24. The monoisotopic (exact) mass is 453 g/mol. The van der Waals surface area contributed by atoms with Crippen LogP contribution in [0.1, 0.15) is 35.6 Å². The van der Waals surface area contributed by atoms with Gasteiger partial charge in [0.15, 0.2) is 0 Å². The van der Waals surface area contributed by atoms with Crippen LogP contribution in [0.4, 0.5) is 0 Å². The average molecular weight is 454 g/mol. The second kappa shape index (κ2) is 11.6. The van der Waals surface area contributed by atoms with Gasteiger partial charge in [-0.1, -0.05) is 18.2 Å². The third-order valence-corrected chi connectivity index (χ3v) is 5.58. The molecule has 0 radical (unpaired) electrons. The summed E-state index contributed by atoms with van der Waals surface area (Å²) in [6.07, 6.45) is 0.645. The van der Waals surface area contributed by atoms with E-state index in [1.807, 2.05) is 25.1 Å². The summed E-state index contributed by atoms with van der Waals surface area (Å²) in [7, 11) is 4.78. The van der Waals surface area contributed by atoms with E-state index < -0.39 is 6.04 Å². The Bertz CT molecular complexity index is 1140. The molecule has 1 amide bonds. The molecule has 0 aliphatic heterocycles. The highest BCUT2D eigenvalue weighted by atomic mass is 16.5. The Morgan fingerprint density at radius 3 is 2.55 bits per heavy atom. The number of amides is 1. The molecule has 0 saturated heterocycles. The summed E-state index contributed by atoms with van der Waals surface area (Å²) in [6.45, 7) is 3.54. The number of nitrogens with zero attached hydrogens (tertiary/aromatic N) is 3. The Labute approximate surface area is 193 Å². The summed E-state index contributed by atoms with van der Waals surface area (Å²) in [5.41, 5.74) is 0.957. The van der Waals surface area contributed by atoms with Crippen LogP contribution in [0, 0.1) is 0 Å². The number of aromatic nitrogens is 2. The zero-order valence-corrected chi connectivity index (χ0v) is 19.6. The van der Waals surface area contributed by atoms with Gasteiger partial charge in [-0.25, -0.2) is 4.98 Å². The molecule has 0 saturated carbocycles. The molecule has 0 spiro atoms. The van der Waals surface area contributed by atoms with Crippen LogP contribution in [-0.4, -0.2) is 61.4 Å². The number of fused-ring (bicyclic) bond motifs is 1. The summed E-state index contributed by atoms with van der Waals surface area (Å²) in [6, 6.07) is 13.8. The molecule has 8 heteroatoms. The average Bonchev–Trinajstić information content (AvgIpc) is 2.85. The molecule has 3 aromatic rings. The van der Waals surface area contributed by atoms with E-state index in [4.69, 9.17) is 19.2 Å². The summed E-state index contributed by atoms with van der Waals surface area (Å²) in [5, 5.41) is 0.537.